The average Bonchev–Trinajstić information content (AvgIpc) is 2.62. The first-order valence-corrected chi connectivity index (χ1v) is 3.80. The lowest BCUT2D eigenvalue weighted by atomic mass is 10.2. The lowest BCUT2D eigenvalue weighted by Gasteiger charge is -1.95. The topological polar surface area (TPSA) is 38.9 Å². The molecule has 5 heteroatoms. The van der Waals surface area contributed by atoms with Gasteiger partial charge in [-0.3, -0.25) is 0 Å². The first kappa shape index (κ1) is 8.19. The van der Waals surface area contributed by atoms with E-state index in [2.05, 4.69) is 21.1 Å². The van der Waals surface area contributed by atoms with Gasteiger partial charge in [-0.25, -0.2) is 4.39 Å². The molecule has 0 aliphatic heterocycles. The Kier molecular flexibility index (Phi) is 1.98. The molecule has 0 spiro atoms. The van der Waals surface area contributed by atoms with Gasteiger partial charge < -0.3 is 4.52 Å². The van der Waals surface area contributed by atoms with Crippen molar-refractivity contribution in [3.05, 3.63) is 35.4 Å². The molecule has 13 heavy (non-hydrogen) atoms. The van der Waals surface area contributed by atoms with E-state index in [0.717, 1.165) is 0 Å². The number of halogens is 2. The molecular weight excluding hydrogens is 195 g/mol. The van der Waals surface area contributed by atoms with Gasteiger partial charge in [0, 0.05) is 5.56 Å². The summed E-state index contributed by atoms with van der Waals surface area (Å²) in [6, 6.07) is 4.27. The molecule has 3 nitrogen and oxygen atoms in total. The first-order chi connectivity index (χ1) is 6.27. The normalized spacial score (nSPS) is 10.3. The lowest BCUT2D eigenvalue weighted by Crippen LogP contribution is -1.83. The highest BCUT2D eigenvalue weighted by Crippen LogP contribution is 2.21. The second-order valence-corrected chi connectivity index (χ2v) is 2.75. The Hall–Kier alpha value is -1.42. The van der Waals surface area contributed by atoms with Crippen LogP contribution >= 0.6 is 11.6 Å². The fraction of sp³-hybridized carbons (Fsp3) is 0. The largest absolute Gasteiger partial charge is 0.328 e. The van der Waals surface area contributed by atoms with E-state index < -0.39 is 5.82 Å². The monoisotopic (exact) mass is 197 g/mol. The van der Waals surface area contributed by atoms with Crippen LogP contribution in [0.4, 0.5) is 4.39 Å². The molecule has 1 aromatic carbocycles. The van der Waals surface area contributed by atoms with Crippen molar-refractivity contribution in [2.45, 2.75) is 0 Å². The summed E-state index contributed by atoms with van der Waals surface area (Å²) in [7, 11) is 0. The molecule has 0 saturated carbocycles. The number of hydrogen-bond donors (Lipinski definition) is 0. The van der Waals surface area contributed by atoms with E-state index in [1.54, 1.807) is 6.07 Å². The lowest BCUT2D eigenvalue weighted by molar-refractivity contribution is 0.411. The van der Waals surface area contributed by atoms with Crippen molar-refractivity contribution in [2.24, 2.45) is 0 Å². The highest BCUT2D eigenvalue weighted by molar-refractivity contribution is 6.30. The van der Waals surface area contributed by atoms with Gasteiger partial charge in [0.1, 0.15) is 5.82 Å². The number of nitrogens with zero attached hydrogens (tertiary/aromatic N) is 2. The minimum Gasteiger partial charge on any atom is -0.328 e. The minimum absolute atomic E-state index is 0.0659. The Bertz CT molecular complexity index is 416. The summed E-state index contributed by atoms with van der Waals surface area (Å²) in [6.07, 6.45) is 2.17. The van der Waals surface area contributed by atoms with Crippen molar-refractivity contribution in [3.8, 4) is 11.4 Å². The van der Waals surface area contributed by atoms with Crippen LogP contribution in [-0.2, 0) is 0 Å². The summed E-state index contributed by atoms with van der Waals surface area (Å²) in [6.45, 7) is 0. The van der Waals surface area contributed by atoms with Gasteiger partial charge in [-0.2, -0.15) is 4.98 Å². The first-order valence-electron chi connectivity index (χ1n) is 3.42. The van der Waals surface area contributed by atoms with E-state index in [-0.39, 0.29) is 10.8 Å². The van der Waals surface area contributed by atoms with Gasteiger partial charge in [0.15, 0.2) is 0 Å². The van der Waals surface area contributed by atoms with Gasteiger partial charge in [-0.1, -0.05) is 16.8 Å². The number of benzene rings is 1. The molecule has 1 radical (unpaired) electrons. The number of aromatic nitrogens is 2. The number of hydrogen-bond acceptors (Lipinski definition) is 3. The standard InChI is InChI=1S/C8H3ClFN2O/c9-6-2-1-5(3-7(6)10)8-11-4-13-12-8/h1-3H. The summed E-state index contributed by atoms with van der Waals surface area (Å²) < 4.78 is 17.3. The molecule has 0 bridgehead atoms. The van der Waals surface area contributed by atoms with Crippen LogP contribution in [0.5, 0.6) is 0 Å². The van der Waals surface area contributed by atoms with E-state index >= 15 is 0 Å². The van der Waals surface area contributed by atoms with E-state index in [1.807, 2.05) is 0 Å². The Morgan fingerprint density at radius 2 is 2.31 bits per heavy atom. The second kappa shape index (κ2) is 3.14. The zero-order valence-electron chi connectivity index (χ0n) is 6.29. The van der Waals surface area contributed by atoms with Gasteiger partial charge in [0.2, 0.25) is 5.82 Å². The molecule has 0 saturated heterocycles. The van der Waals surface area contributed by atoms with Gasteiger partial charge in [-0.15, -0.1) is 0 Å². The maximum Gasteiger partial charge on any atom is 0.316 e. The predicted molar refractivity (Wildman–Crippen MR) is 43.5 cm³/mol. The van der Waals surface area contributed by atoms with Crippen molar-refractivity contribution in [2.75, 3.05) is 0 Å². The van der Waals surface area contributed by atoms with Crippen LogP contribution in [0, 0.1) is 12.2 Å². The summed E-state index contributed by atoms with van der Waals surface area (Å²) >= 11 is 5.49. The fourth-order valence-corrected chi connectivity index (χ4v) is 1.02. The van der Waals surface area contributed by atoms with Crippen LogP contribution in [-0.4, -0.2) is 10.1 Å². The summed E-state index contributed by atoms with van der Waals surface area (Å²) in [5, 5.41) is 3.57. The third-order valence-electron chi connectivity index (χ3n) is 1.50. The maximum atomic E-state index is 12.9. The van der Waals surface area contributed by atoms with Crippen LogP contribution in [0.3, 0.4) is 0 Å². The predicted octanol–water partition coefficient (Wildman–Crippen LogP) is 2.33. The van der Waals surface area contributed by atoms with Crippen molar-refractivity contribution in [1.82, 2.24) is 10.1 Å². The molecule has 0 unspecified atom stereocenters. The van der Waals surface area contributed by atoms with Gasteiger partial charge in [0.05, 0.1) is 5.02 Å². The third-order valence-corrected chi connectivity index (χ3v) is 1.81. The Morgan fingerprint density at radius 3 is 2.92 bits per heavy atom. The maximum absolute atomic E-state index is 12.9. The van der Waals surface area contributed by atoms with Crippen LogP contribution in [0.25, 0.3) is 11.4 Å². The van der Waals surface area contributed by atoms with Crippen molar-refractivity contribution in [3.63, 3.8) is 0 Å². The molecule has 2 rings (SSSR count). The highest BCUT2D eigenvalue weighted by Gasteiger charge is 2.06. The molecule has 2 aromatic rings. The van der Waals surface area contributed by atoms with E-state index in [0.29, 0.717) is 5.56 Å². The smallest absolute Gasteiger partial charge is 0.316 e. The Labute approximate surface area is 78.1 Å². The Balaban J connectivity index is 2.49. The van der Waals surface area contributed by atoms with Crippen LogP contribution in [0.15, 0.2) is 22.7 Å². The van der Waals surface area contributed by atoms with Crippen LogP contribution in [0.2, 0.25) is 5.02 Å². The molecule has 1 heterocycles. The molecule has 0 amide bonds. The average molecular weight is 198 g/mol. The SMILES string of the molecule is Fc1cc(-c2n[c]on2)ccc1Cl. The number of rotatable bonds is 1. The molecule has 0 atom stereocenters. The van der Waals surface area contributed by atoms with E-state index in [4.69, 9.17) is 11.6 Å². The molecule has 1 aromatic heterocycles. The fourth-order valence-electron chi connectivity index (χ4n) is 0.900. The quantitative estimate of drug-likeness (QED) is 0.704. The van der Waals surface area contributed by atoms with Crippen LogP contribution in [0.1, 0.15) is 0 Å². The van der Waals surface area contributed by atoms with Gasteiger partial charge in [-0.05, 0) is 18.2 Å². The summed E-state index contributed by atoms with van der Waals surface area (Å²) in [4.78, 5) is 3.64. The Morgan fingerprint density at radius 1 is 1.46 bits per heavy atom. The van der Waals surface area contributed by atoms with Crippen molar-refractivity contribution < 1.29 is 8.91 Å². The molecule has 0 N–H and O–H groups in total. The summed E-state index contributed by atoms with van der Waals surface area (Å²) in [5.74, 6) is -0.223. The molecular formula is C8H3ClFN2O. The van der Waals surface area contributed by atoms with Gasteiger partial charge >= 0.3 is 6.39 Å². The minimum atomic E-state index is -0.510. The van der Waals surface area contributed by atoms with Gasteiger partial charge in [0.25, 0.3) is 0 Å². The summed E-state index contributed by atoms with van der Waals surface area (Å²) in [5.41, 5.74) is 0.506. The molecule has 0 fully saturated rings. The highest BCUT2D eigenvalue weighted by atomic mass is 35.5. The van der Waals surface area contributed by atoms with E-state index in [9.17, 15) is 4.39 Å². The van der Waals surface area contributed by atoms with Crippen molar-refractivity contribution >= 4 is 11.6 Å². The zero-order chi connectivity index (χ0) is 9.26. The molecule has 0 aliphatic carbocycles. The van der Waals surface area contributed by atoms with E-state index in [1.165, 1.54) is 12.1 Å². The molecule has 0 aliphatic rings. The van der Waals surface area contributed by atoms with Crippen LogP contribution < -0.4 is 0 Å². The zero-order valence-corrected chi connectivity index (χ0v) is 7.05. The second-order valence-electron chi connectivity index (χ2n) is 2.34. The third kappa shape index (κ3) is 1.53. The molecule has 65 valence electrons. The van der Waals surface area contributed by atoms with Crippen molar-refractivity contribution in [1.29, 1.82) is 0 Å².